The maximum atomic E-state index is 14.0. The standard InChI is InChI=1S/C16H14BrFN2O3/c1-20(7-9-2-3-13-14(4-9)23-8-22-13)12-6-10(17)5-11(18)15(12)16(19)21/h2-6H,7-8H2,1H3,(H2,19,21). The highest BCUT2D eigenvalue weighted by Crippen LogP contribution is 2.34. The van der Waals surface area contributed by atoms with Crippen molar-refractivity contribution in [2.24, 2.45) is 5.73 Å². The molecule has 0 saturated carbocycles. The van der Waals surface area contributed by atoms with Gasteiger partial charge in [-0.2, -0.15) is 0 Å². The molecule has 2 N–H and O–H groups in total. The Morgan fingerprint density at radius 3 is 2.78 bits per heavy atom. The van der Waals surface area contributed by atoms with Crippen LogP contribution >= 0.6 is 15.9 Å². The average molecular weight is 381 g/mol. The van der Waals surface area contributed by atoms with E-state index < -0.39 is 11.7 Å². The van der Waals surface area contributed by atoms with Crippen molar-refractivity contribution in [2.45, 2.75) is 6.54 Å². The first-order chi connectivity index (χ1) is 11.0. The van der Waals surface area contributed by atoms with Crippen LogP contribution in [0.4, 0.5) is 10.1 Å². The second-order valence-corrected chi connectivity index (χ2v) is 6.11. The summed E-state index contributed by atoms with van der Waals surface area (Å²) in [6, 6.07) is 8.45. The molecule has 5 nitrogen and oxygen atoms in total. The van der Waals surface area contributed by atoms with Gasteiger partial charge in [-0.3, -0.25) is 4.79 Å². The third-order valence-electron chi connectivity index (χ3n) is 3.55. The van der Waals surface area contributed by atoms with Crippen LogP contribution in [-0.4, -0.2) is 19.7 Å². The fourth-order valence-electron chi connectivity index (χ4n) is 2.50. The van der Waals surface area contributed by atoms with Crippen molar-refractivity contribution in [2.75, 3.05) is 18.7 Å². The van der Waals surface area contributed by atoms with Crippen LogP contribution in [0.1, 0.15) is 15.9 Å². The smallest absolute Gasteiger partial charge is 0.253 e. The number of hydrogen-bond acceptors (Lipinski definition) is 4. The van der Waals surface area contributed by atoms with E-state index in [0.29, 0.717) is 28.2 Å². The molecule has 0 aromatic heterocycles. The van der Waals surface area contributed by atoms with Crippen molar-refractivity contribution in [3.8, 4) is 11.5 Å². The third kappa shape index (κ3) is 3.10. The van der Waals surface area contributed by atoms with Gasteiger partial charge in [-0.25, -0.2) is 4.39 Å². The summed E-state index contributed by atoms with van der Waals surface area (Å²) in [7, 11) is 1.76. The summed E-state index contributed by atoms with van der Waals surface area (Å²) in [6.07, 6.45) is 0. The topological polar surface area (TPSA) is 64.8 Å². The maximum Gasteiger partial charge on any atom is 0.253 e. The Morgan fingerprint density at radius 2 is 2.04 bits per heavy atom. The van der Waals surface area contributed by atoms with Gasteiger partial charge < -0.3 is 20.1 Å². The molecule has 1 heterocycles. The SMILES string of the molecule is CN(Cc1ccc2c(c1)OCO2)c1cc(Br)cc(F)c1C(N)=O. The van der Waals surface area contributed by atoms with Gasteiger partial charge in [0, 0.05) is 18.1 Å². The number of halogens is 2. The van der Waals surface area contributed by atoms with Crippen LogP contribution in [0.3, 0.4) is 0 Å². The van der Waals surface area contributed by atoms with Crippen LogP contribution in [0.25, 0.3) is 0 Å². The molecule has 1 aliphatic rings. The van der Waals surface area contributed by atoms with Crippen LogP contribution in [-0.2, 0) is 6.54 Å². The van der Waals surface area contributed by atoms with Crippen molar-refractivity contribution in [1.82, 2.24) is 0 Å². The zero-order valence-corrected chi connectivity index (χ0v) is 13.9. The molecule has 0 aliphatic carbocycles. The zero-order valence-electron chi connectivity index (χ0n) is 12.3. The monoisotopic (exact) mass is 380 g/mol. The number of nitrogens with two attached hydrogens (primary N) is 1. The molecular formula is C16H14BrFN2O3. The Labute approximate surface area is 140 Å². The van der Waals surface area contributed by atoms with Gasteiger partial charge in [-0.05, 0) is 29.8 Å². The minimum atomic E-state index is -0.803. The van der Waals surface area contributed by atoms with Gasteiger partial charge in [0.05, 0.1) is 11.3 Å². The van der Waals surface area contributed by atoms with Crippen molar-refractivity contribution in [3.63, 3.8) is 0 Å². The molecule has 23 heavy (non-hydrogen) atoms. The lowest BCUT2D eigenvalue weighted by Gasteiger charge is -2.22. The van der Waals surface area contributed by atoms with Crippen LogP contribution in [0.2, 0.25) is 0 Å². The number of amides is 1. The number of carbonyl (C=O) groups is 1. The Morgan fingerprint density at radius 1 is 1.30 bits per heavy atom. The molecule has 0 spiro atoms. The summed E-state index contributed by atoms with van der Waals surface area (Å²) in [5.41, 5.74) is 6.54. The Balaban J connectivity index is 1.91. The summed E-state index contributed by atoms with van der Waals surface area (Å²) in [5.74, 6) is -0.0869. The predicted molar refractivity (Wildman–Crippen MR) is 87.3 cm³/mol. The van der Waals surface area contributed by atoms with E-state index in [-0.39, 0.29) is 12.4 Å². The largest absolute Gasteiger partial charge is 0.454 e. The van der Waals surface area contributed by atoms with E-state index in [2.05, 4.69) is 15.9 Å². The highest BCUT2D eigenvalue weighted by Gasteiger charge is 2.19. The lowest BCUT2D eigenvalue weighted by atomic mass is 10.1. The summed E-state index contributed by atoms with van der Waals surface area (Å²) in [4.78, 5) is 13.3. The first-order valence-corrected chi connectivity index (χ1v) is 7.63. The molecule has 0 radical (unpaired) electrons. The van der Waals surface area contributed by atoms with Gasteiger partial charge in [-0.1, -0.05) is 22.0 Å². The van der Waals surface area contributed by atoms with E-state index in [0.717, 1.165) is 5.56 Å². The number of fused-ring (bicyclic) bond motifs is 1. The van der Waals surface area contributed by atoms with Crippen LogP contribution in [0.5, 0.6) is 11.5 Å². The number of hydrogen-bond donors (Lipinski definition) is 1. The molecule has 0 saturated heterocycles. The second-order valence-electron chi connectivity index (χ2n) is 5.19. The number of rotatable bonds is 4. The van der Waals surface area contributed by atoms with E-state index in [1.807, 2.05) is 18.2 Å². The summed E-state index contributed by atoms with van der Waals surface area (Å²) in [6.45, 7) is 0.657. The van der Waals surface area contributed by atoms with Crippen molar-refractivity contribution < 1.29 is 18.7 Å². The van der Waals surface area contributed by atoms with E-state index >= 15 is 0 Å². The molecule has 1 aliphatic heterocycles. The number of primary amides is 1. The first kappa shape index (κ1) is 15.6. The molecule has 7 heteroatoms. The number of nitrogens with zero attached hydrogens (tertiary/aromatic N) is 1. The normalized spacial score (nSPS) is 12.3. The predicted octanol–water partition coefficient (Wildman–Crippen LogP) is 3.05. The van der Waals surface area contributed by atoms with Gasteiger partial charge in [0.25, 0.3) is 5.91 Å². The maximum absolute atomic E-state index is 14.0. The lowest BCUT2D eigenvalue weighted by molar-refractivity contribution is 0.0997. The van der Waals surface area contributed by atoms with Crippen LogP contribution in [0, 0.1) is 5.82 Å². The Bertz CT molecular complexity index is 782. The van der Waals surface area contributed by atoms with Crippen molar-refractivity contribution >= 4 is 27.5 Å². The molecule has 0 atom stereocenters. The Hall–Kier alpha value is -2.28. The summed E-state index contributed by atoms with van der Waals surface area (Å²) >= 11 is 3.24. The third-order valence-corrected chi connectivity index (χ3v) is 4.01. The fraction of sp³-hybridized carbons (Fsp3) is 0.188. The van der Waals surface area contributed by atoms with E-state index in [1.165, 1.54) is 6.07 Å². The molecule has 2 aromatic rings. The summed E-state index contributed by atoms with van der Waals surface area (Å²) in [5, 5.41) is 0. The molecule has 0 bridgehead atoms. The highest BCUT2D eigenvalue weighted by atomic mass is 79.9. The van der Waals surface area contributed by atoms with E-state index in [9.17, 15) is 9.18 Å². The molecule has 1 amide bonds. The van der Waals surface area contributed by atoms with E-state index in [1.54, 1.807) is 18.0 Å². The van der Waals surface area contributed by atoms with E-state index in [4.69, 9.17) is 15.2 Å². The van der Waals surface area contributed by atoms with Gasteiger partial charge >= 0.3 is 0 Å². The number of carbonyl (C=O) groups excluding carboxylic acids is 1. The van der Waals surface area contributed by atoms with Gasteiger partial charge in [0.1, 0.15) is 5.82 Å². The zero-order chi connectivity index (χ0) is 16.6. The second kappa shape index (κ2) is 6.08. The van der Waals surface area contributed by atoms with Crippen LogP contribution < -0.4 is 20.1 Å². The summed E-state index contributed by atoms with van der Waals surface area (Å²) < 4.78 is 25.2. The number of anilines is 1. The molecule has 120 valence electrons. The number of ether oxygens (including phenoxy) is 2. The van der Waals surface area contributed by atoms with Crippen LogP contribution in [0.15, 0.2) is 34.8 Å². The van der Waals surface area contributed by atoms with Crippen molar-refractivity contribution in [1.29, 1.82) is 0 Å². The van der Waals surface area contributed by atoms with Crippen molar-refractivity contribution in [3.05, 3.63) is 51.7 Å². The van der Waals surface area contributed by atoms with Gasteiger partial charge in [0.2, 0.25) is 6.79 Å². The highest BCUT2D eigenvalue weighted by molar-refractivity contribution is 9.10. The molecule has 0 unspecified atom stereocenters. The fourth-order valence-corrected chi connectivity index (χ4v) is 2.92. The average Bonchev–Trinajstić information content (AvgIpc) is 2.93. The minimum Gasteiger partial charge on any atom is -0.454 e. The molecule has 3 rings (SSSR count). The van der Waals surface area contributed by atoms with Gasteiger partial charge in [0.15, 0.2) is 11.5 Å². The molecule has 0 fully saturated rings. The first-order valence-electron chi connectivity index (χ1n) is 6.84. The molecular weight excluding hydrogens is 367 g/mol. The van der Waals surface area contributed by atoms with Gasteiger partial charge in [-0.15, -0.1) is 0 Å². The molecule has 2 aromatic carbocycles. The number of benzene rings is 2. The quantitative estimate of drug-likeness (QED) is 0.884. The Kier molecular flexibility index (Phi) is 4.12. The minimum absolute atomic E-state index is 0.128. The lowest BCUT2D eigenvalue weighted by Crippen LogP contribution is -2.23.